The number of nitrogens with two attached hydrogens (primary N) is 4. The molecule has 0 aromatic heterocycles. The van der Waals surface area contributed by atoms with Crippen molar-refractivity contribution in [2.24, 2.45) is 34.8 Å². The molecule has 1 aromatic carbocycles. The average molecular weight is 1050 g/mol. The van der Waals surface area contributed by atoms with Crippen molar-refractivity contribution in [3.63, 3.8) is 0 Å². The second kappa shape index (κ2) is 35.3. The van der Waals surface area contributed by atoms with Crippen LogP contribution in [0.4, 0.5) is 4.79 Å². The van der Waals surface area contributed by atoms with Gasteiger partial charge in [-0.25, -0.2) is 9.80 Å². The predicted molar refractivity (Wildman–Crippen MR) is 280 cm³/mol. The lowest BCUT2D eigenvalue weighted by atomic mass is 10.0. The van der Waals surface area contributed by atoms with Crippen LogP contribution in [-0.4, -0.2) is 151 Å². The van der Waals surface area contributed by atoms with E-state index in [1.807, 2.05) is 27.7 Å². The Morgan fingerprint density at radius 3 is 1.74 bits per heavy atom. The number of carbonyl (C=O) groups is 9. The number of carbonyl (C=O) groups excluding carboxylic acids is 9. The van der Waals surface area contributed by atoms with E-state index in [1.54, 1.807) is 30.3 Å². The maximum Gasteiger partial charge on any atom is 0.336 e. The summed E-state index contributed by atoms with van der Waals surface area (Å²) < 4.78 is 0. The van der Waals surface area contributed by atoms with Crippen LogP contribution in [-0.2, 0) is 44.8 Å². The second-order valence-electron chi connectivity index (χ2n) is 19.7. The van der Waals surface area contributed by atoms with E-state index < -0.39 is 102 Å². The molecule has 1 saturated heterocycles. The molecule has 0 bridgehead atoms. The van der Waals surface area contributed by atoms with Crippen LogP contribution in [0.25, 0.3) is 0 Å². The van der Waals surface area contributed by atoms with Crippen LogP contribution in [0, 0.1) is 11.8 Å². The van der Waals surface area contributed by atoms with Crippen molar-refractivity contribution in [3.05, 3.63) is 35.9 Å². The zero-order valence-corrected chi connectivity index (χ0v) is 44.2. The summed E-state index contributed by atoms with van der Waals surface area (Å²) in [5, 5.41) is 32.8. The van der Waals surface area contributed by atoms with Crippen molar-refractivity contribution in [2.45, 2.75) is 173 Å². The Bertz CT molecular complexity index is 1930. The lowest BCUT2D eigenvalue weighted by Gasteiger charge is -2.30. The van der Waals surface area contributed by atoms with Gasteiger partial charge in [0.05, 0.1) is 19.1 Å². The number of hydrazine groups is 1. The van der Waals surface area contributed by atoms with Gasteiger partial charge in [0.1, 0.15) is 42.3 Å². The van der Waals surface area contributed by atoms with Gasteiger partial charge in [0, 0.05) is 19.5 Å². The normalized spacial score (nSPS) is 22.1. The van der Waals surface area contributed by atoms with Crippen molar-refractivity contribution >= 4 is 53.3 Å². The van der Waals surface area contributed by atoms with Gasteiger partial charge in [-0.1, -0.05) is 97.1 Å². The number of benzene rings is 1. The number of amides is 10. The Balaban J connectivity index is 2.68. The van der Waals surface area contributed by atoms with E-state index in [1.165, 1.54) is 0 Å². The number of aliphatic hydroxyl groups is 1. The molecule has 24 heteroatoms. The first-order valence-corrected chi connectivity index (χ1v) is 26.3. The molecule has 0 radical (unpaired) electrons. The highest BCUT2D eigenvalue weighted by Gasteiger charge is 2.35. The predicted octanol–water partition coefficient (Wildman–Crippen LogP) is -1.72. The summed E-state index contributed by atoms with van der Waals surface area (Å²) in [4.78, 5) is 126. The van der Waals surface area contributed by atoms with E-state index in [9.17, 15) is 48.3 Å². The standard InChI is InChI=1S/C50H88N14O10/c1-6-7-8-9-13-16-34(65)30-42(66)56-35(17-21-51)44(68)59-38-20-25-55-43(67)39(27-31(2)3)60-46(70)37(19-23-53)57-45(69)36(18-22-52)58-47(71)40(28-32(4)5)61-48(72)41(29-33-14-11-10-12-15-33)62-50(74)64(26-24-54)63-49(38)73/h10-12,14-15,31-32,34-41,65H,6-9,13,16-30,51-54H2,1-5H3,(H,55,67)(H,56,66)(H,57,69)(H,58,71)(H,59,68)(H,60,70)(H,61,72)(H,62,74)(H,63,73)/t34-,35-,36+,37+,38+,39+,40+,41-/m1/s1. The van der Waals surface area contributed by atoms with E-state index in [4.69, 9.17) is 22.9 Å². The molecule has 0 unspecified atom stereocenters. The minimum Gasteiger partial charge on any atom is -0.393 e. The number of nitrogens with zero attached hydrogens (tertiary/aromatic N) is 1. The fourth-order valence-electron chi connectivity index (χ4n) is 8.19. The molecule has 74 heavy (non-hydrogen) atoms. The van der Waals surface area contributed by atoms with E-state index in [-0.39, 0.29) is 102 Å². The maximum absolute atomic E-state index is 14.3. The fourth-order valence-corrected chi connectivity index (χ4v) is 8.19. The number of rotatable bonds is 25. The molecule has 8 atom stereocenters. The third-order valence-electron chi connectivity index (χ3n) is 12.1. The van der Waals surface area contributed by atoms with Gasteiger partial charge in [-0.15, -0.1) is 0 Å². The number of hydrogen-bond acceptors (Lipinski definition) is 14. The molecule has 418 valence electrons. The highest BCUT2D eigenvalue weighted by atomic mass is 16.3. The number of hydrogen-bond donors (Lipinski definition) is 14. The molecule has 10 amide bonds. The molecule has 24 nitrogen and oxygen atoms in total. The third-order valence-corrected chi connectivity index (χ3v) is 12.1. The maximum atomic E-state index is 14.3. The smallest absolute Gasteiger partial charge is 0.336 e. The second-order valence-corrected chi connectivity index (χ2v) is 19.7. The Morgan fingerprint density at radius 2 is 1.20 bits per heavy atom. The van der Waals surface area contributed by atoms with Crippen LogP contribution in [0.5, 0.6) is 0 Å². The molecule has 1 aliphatic heterocycles. The minimum absolute atomic E-state index is 0.0502. The quantitative estimate of drug-likeness (QED) is 0.0485. The van der Waals surface area contributed by atoms with Crippen LogP contribution in [0.1, 0.15) is 124 Å². The molecule has 18 N–H and O–H groups in total. The zero-order chi connectivity index (χ0) is 55.2. The average Bonchev–Trinajstić information content (AvgIpc) is 3.34. The summed E-state index contributed by atoms with van der Waals surface area (Å²) in [6.07, 6.45) is 3.60. The van der Waals surface area contributed by atoms with Crippen molar-refractivity contribution < 1.29 is 48.3 Å². The number of urea groups is 1. The topological polar surface area (TPSA) is 389 Å². The van der Waals surface area contributed by atoms with Crippen molar-refractivity contribution in [2.75, 3.05) is 39.3 Å². The van der Waals surface area contributed by atoms with Crippen molar-refractivity contribution in [1.29, 1.82) is 0 Å². The summed E-state index contributed by atoms with van der Waals surface area (Å²) >= 11 is 0. The van der Waals surface area contributed by atoms with Crippen LogP contribution >= 0.6 is 0 Å². The molecule has 1 heterocycles. The van der Waals surface area contributed by atoms with Gasteiger partial charge in [0.2, 0.25) is 41.4 Å². The highest BCUT2D eigenvalue weighted by Crippen LogP contribution is 2.13. The first kappa shape index (κ1) is 64.2. The van der Waals surface area contributed by atoms with Crippen LogP contribution in [0.15, 0.2) is 30.3 Å². The third kappa shape index (κ3) is 24.4. The largest absolute Gasteiger partial charge is 0.393 e. The number of nitrogens with one attached hydrogen (secondary N) is 9. The first-order valence-electron chi connectivity index (χ1n) is 26.3. The van der Waals surface area contributed by atoms with Gasteiger partial charge in [-0.05, 0) is 82.0 Å². The van der Waals surface area contributed by atoms with Crippen molar-refractivity contribution in [1.82, 2.24) is 53.0 Å². The summed E-state index contributed by atoms with van der Waals surface area (Å²) in [6, 6.07) is -1.37. The van der Waals surface area contributed by atoms with E-state index in [0.29, 0.717) is 12.0 Å². The van der Waals surface area contributed by atoms with Gasteiger partial charge in [0.25, 0.3) is 5.91 Å². The summed E-state index contributed by atoms with van der Waals surface area (Å²) in [7, 11) is 0. The van der Waals surface area contributed by atoms with Crippen molar-refractivity contribution in [3.8, 4) is 0 Å². The zero-order valence-electron chi connectivity index (χ0n) is 44.2. The van der Waals surface area contributed by atoms with Gasteiger partial charge in [-0.3, -0.25) is 43.8 Å². The minimum atomic E-state index is -1.51. The van der Waals surface area contributed by atoms with E-state index in [0.717, 1.165) is 37.1 Å². The number of unbranched alkanes of at least 4 members (excludes halogenated alkanes) is 4. The Kier molecular flexibility index (Phi) is 30.6. The molecular formula is C50H88N14O10. The van der Waals surface area contributed by atoms with Crippen LogP contribution in [0.2, 0.25) is 0 Å². The molecule has 0 aliphatic carbocycles. The van der Waals surface area contributed by atoms with Crippen LogP contribution < -0.4 is 70.9 Å². The molecule has 2 rings (SSSR count). The lowest BCUT2D eigenvalue weighted by Crippen LogP contribution is -2.62. The Labute approximate surface area is 436 Å². The first-order chi connectivity index (χ1) is 35.3. The Hall–Kier alpha value is -5.95. The molecule has 0 spiro atoms. The van der Waals surface area contributed by atoms with Gasteiger partial charge in [0.15, 0.2) is 0 Å². The SMILES string of the molecule is CCCCCCC[C@@H](O)CC(=O)N[C@H](CCN)C(=O)N[C@H]1CCNC(=O)[C@H](CC(C)C)NC(=O)[C@H](CCN)NC(=O)[C@H](CCN)NC(=O)[C@H](CC(C)C)NC(=O)[C@@H](Cc2ccccc2)NC(=O)N(CCN)NC1=O. The summed E-state index contributed by atoms with van der Waals surface area (Å²) in [5.41, 5.74) is 26.7. The highest BCUT2D eigenvalue weighted by molar-refractivity contribution is 5.97. The molecular weight excluding hydrogens is 957 g/mol. The van der Waals surface area contributed by atoms with E-state index >= 15 is 0 Å². The fraction of sp³-hybridized carbons (Fsp3) is 0.700. The summed E-state index contributed by atoms with van der Waals surface area (Å²) in [6.45, 7) is 8.47. The molecule has 1 aromatic rings. The summed E-state index contributed by atoms with van der Waals surface area (Å²) in [5.74, 6) is -6.42. The van der Waals surface area contributed by atoms with Gasteiger partial charge in [-0.2, -0.15) is 0 Å². The molecule has 1 fully saturated rings. The molecule has 0 saturated carbocycles. The number of aliphatic hydroxyl groups excluding tert-OH is 1. The Morgan fingerprint density at radius 1 is 0.662 bits per heavy atom. The van der Waals surface area contributed by atoms with Gasteiger partial charge >= 0.3 is 6.03 Å². The van der Waals surface area contributed by atoms with Crippen LogP contribution in [0.3, 0.4) is 0 Å². The molecule has 1 aliphatic rings. The monoisotopic (exact) mass is 1040 g/mol. The van der Waals surface area contributed by atoms with Gasteiger partial charge < -0.3 is 70.6 Å². The van der Waals surface area contributed by atoms with E-state index in [2.05, 4.69) is 54.9 Å². The lowest BCUT2D eigenvalue weighted by molar-refractivity contribution is -0.135.